The van der Waals surface area contributed by atoms with Crippen molar-refractivity contribution in [3.8, 4) is 5.75 Å². The minimum Gasteiger partial charge on any atom is -0.494 e. The summed E-state index contributed by atoms with van der Waals surface area (Å²) >= 11 is 0. The van der Waals surface area contributed by atoms with E-state index in [1.54, 1.807) is 13.8 Å². The van der Waals surface area contributed by atoms with Gasteiger partial charge in [0.1, 0.15) is 11.3 Å². The maximum atomic E-state index is 10.9. The molecule has 0 spiro atoms. The van der Waals surface area contributed by atoms with Crippen molar-refractivity contribution in [2.75, 3.05) is 13.2 Å². The largest absolute Gasteiger partial charge is 0.494 e. The third-order valence-electron chi connectivity index (χ3n) is 2.89. The Hall–Kier alpha value is -1.55. The maximum Gasteiger partial charge on any atom is 0.323 e. The number of nitrogens with one attached hydrogen (secondary N) is 1. The van der Waals surface area contributed by atoms with Crippen LogP contribution in [0.1, 0.15) is 31.4 Å². The van der Waals surface area contributed by atoms with Crippen molar-refractivity contribution in [3.63, 3.8) is 0 Å². The average molecular weight is 265 g/mol. The minimum atomic E-state index is -0.889. The van der Waals surface area contributed by atoms with Crippen LogP contribution in [0.25, 0.3) is 0 Å². The zero-order valence-electron chi connectivity index (χ0n) is 12.1. The Morgan fingerprint density at radius 1 is 1.26 bits per heavy atom. The number of carboxylic acid groups (broad SMARTS) is 1. The first-order valence-corrected chi connectivity index (χ1v) is 6.51. The minimum absolute atomic E-state index is 0.575. The van der Waals surface area contributed by atoms with Gasteiger partial charge in [0.25, 0.3) is 0 Å². The van der Waals surface area contributed by atoms with Crippen molar-refractivity contribution in [2.45, 2.75) is 39.7 Å². The van der Waals surface area contributed by atoms with Gasteiger partial charge in [-0.25, -0.2) is 0 Å². The van der Waals surface area contributed by atoms with Gasteiger partial charge in [0.15, 0.2) is 0 Å². The molecular formula is C15H23NO3. The van der Waals surface area contributed by atoms with Crippen LogP contribution in [0.2, 0.25) is 0 Å². The van der Waals surface area contributed by atoms with Crippen LogP contribution in [0.3, 0.4) is 0 Å². The quantitative estimate of drug-likeness (QED) is 0.744. The van der Waals surface area contributed by atoms with Crippen LogP contribution < -0.4 is 10.1 Å². The molecule has 1 aromatic carbocycles. The van der Waals surface area contributed by atoms with E-state index in [2.05, 4.69) is 11.4 Å². The Balaban J connectivity index is 2.30. The lowest BCUT2D eigenvalue weighted by Crippen LogP contribution is -2.47. The van der Waals surface area contributed by atoms with Gasteiger partial charge in [-0.2, -0.15) is 0 Å². The van der Waals surface area contributed by atoms with Gasteiger partial charge < -0.3 is 15.2 Å². The number of carbonyl (C=O) groups is 1. The van der Waals surface area contributed by atoms with Gasteiger partial charge in [-0.15, -0.1) is 0 Å². The normalized spacial score (nSPS) is 11.4. The van der Waals surface area contributed by atoms with Crippen molar-refractivity contribution in [1.82, 2.24) is 5.32 Å². The number of benzene rings is 1. The zero-order valence-corrected chi connectivity index (χ0v) is 12.1. The summed E-state index contributed by atoms with van der Waals surface area (Å²) in [5.74, 6) is 0.0257. The van der Waals surface area contributed by atoms with Crippen LogP contribution in [0, 0.1) is 13.8 Å². The van der Waals surface area contributed by atoms with Crippen LogP contribution in [0.4, 0.5) is 0 Å². The highest BCUT2D eigenvalue weighted by atomic mass is 16.5. The number of rotatable bonds is 7. The van der Waals surface area contributed by atoms with Crippen LogP contribution >= 0.6 is 0 Å². The summed E-state index contributed by atoms with van der Waals surface area (Å²) in [7, 11) is 0. The molecular weight excluding hydrogens is 242 g/mol. The lowest BCUT2D eigenvalue weighted by molar-refractivity contribution is -0.143. The molecule has 0 aliphatic rings. The Bertz CT molecular complexity index is 421. The Labute approximate surface area is 114 Å². The second-order valence-corrected chi connectivity index (χ2v) is 5.38. The van der Waals surface area contributed by atoms with Gasteiger partial charge in [-0.1, -0.05) is 6.07 Å². The standard InChI is InChI=1S/C15H23NO3/c1-11-8-12(2)10-13(9-11)19-7-5-6-16-15(3,4)14(17)18/h8-10,16H,5-7H2,1-4H3,(H,17,18). The molecule has 2 N–H and O–H groups in total. The molecule has 0 aliphatic heterocycles. The molecule has 0 heterocycles. The number of hydrogen-bond acceptors (Lipinski definition) is 3. The topological polar surface area (TPSA) is 58.6 Å². The summed E-state index contributed by atoms with van der Waals surface area (Å²) in [5, 5.41) is 11.9. The first-order valence-electron chi connectivity index (χ1n) is 6.51. The first-order chi connectivity index (χ1) is 8.81. The van der Waals surface area contributed by atoms with E-state index in [1.807, 2.05) is 26.0 Å². The highest BCUT2D eigenvalue weighted by molar-refractivity contribution is 5.77. The van der Waals surface area contributed by atoms with E-state index in [-0.39, 0.29) is 0 Å². The molecule has 0 saturated heterocycles. The fourth-order valence-corrected chi connectivity index (χ4v) is 1.75. The van der Waals surface area contributed by atoms with Crippen molar-refractivity contribution in [2.24, 2.45) is 0 Å². The van der Waals surface area contributed by atoms with Crippen LogP contribution in [0.5, 0.6) is 5.75 Å². The molecule has 4 nitrogen and oxygen atoms in total. The molecule has 0 radical (unpaired) electrons. The van der Waals surface area contributed by atoms with E-state index in [1.165, 1.54) is 11.1 Å². The Kier molecular flexibility index (Phi) is 5.36. The summed E-state index contributed by atoms with van der Waals surface area (Å²) in [6.07, 6.45) is 0.768. The van der Waals surface area contributed by atoms with E-state index in [4.69, 9.17) is 9.84 Å². The predicted octanol–water partition coefficient (Wildman–Crippen LogP) is 2.53. The van der Waals surface area contributed by atoms with E-state index in [0.29, 0.717) is 13.2 Å². The number of aliphatic carboxylic acids is 1. The SMILES string of the molecule is Cc1cc(C)cc(OCCCNC(C)(C)C(=O)O)c1. The van der Waals surface area contributed by atoms with Crippen molar-refractivity contribution < 1.29 is 14.6 Å². The van der Waals surface area contributed by atoms with Crippen LogP contribution in [-0.2, 0) is 4.79 Å². The molecule has 0 aliphatic carbocycles. The van der Waals surface area contributed by atoms with Gasteiger partial charge in [0.05, 0.1) is 6.61 Å². The molecule has 0 atom stereocenters. The van der Waals surface area contributed by atoms with Gasteiger partial charge in [0.2, 0.25) is 0 Å². The molecule has 19 heavy (non-hydrogen) atoms. The second kappa shape index (κ2) is 6.57. The molecule has 106 valence electrons. The third kappa shape index (κ3) is 5.30. The number of hydrogen-bond donors (Lipinski definition) is 2. The van der Waals surface area contributed by atoms with Gasteiger partial charge in [-0.3, -0.25) is 4.79 Å². The molecule has 4 heteroatoms. The lowest BCUT2D eigenvalue weighted by Gasteiger charge is -2.20. The summed E-state index contributed by atoms with van der Waals surface area (Å²) in [4.78, 5) is 10.9. The Morgan fingerprint density at radius 2 is 1.84 bits per heavy atom. The summed E-state index contributed by atoms with van der Waals surface area (Å²) < 4.78 is 5.66. The second-order valence-electron chi connectivity index (χ2n) is 5.38. The van der Waals surface area contributed by atoms with Crippen molar-refractivity contribution >= 4 is 5.97 Å². The fourth-order valence-electron chi connectivity index (χ4n) is 1.75. The molecule has 1 aromatic rings. The smallest absolute Gasteiger partial charge is 0.323 e. The Morgan fingerprint density at radius 3 is 2.37 bits per heavy atom. The van der Waals surface area contributed by atoms with Gasteiger partial charge in [-0.05, 0) is 63.9 Å². The fraction of sp³-hybridized carbons (Fsp3) is 0.533. The average Bonchev–Trinajstić information content (AvgIpc) is 2.26. The molecule has 0 unspecified atom stereocenters. The van der Waals surface area contributed by atoms with E-state index in [9.17, 15) is 4.79 Å². The monoisotopic (exact) mass is 265 g/mol. The number of carboxylic acids is 1. The molecule has 0 bridgehead atoms. The van der Waals surface area contributed by atoms with Gasteiger partial charge in [0, 0.05) is 0 Å². The molecule has 0 amide bonds. The van der Waals surface area contributed by atoms with Crippen molar-refractivity contribution in [1.29, 1.82) is 0 Å². The van der Waals surface area contributed by atoms with Crippen LogP contribution in [-0.4, -0.2) is 29.8 Å². The van der Waals surface area contributed by atoms with E-state index >= 15 is 0 Å². The molecule has 1 rings (SSSR count). The van der Waals surface area contributed by atoms with Crippen LogP contribution in [0.15, 0.2) is 18.2 Å². The zero-order chi connectivity index (χ0) is 14.5. The first kappa shape index (κ1) is 15.5. The summed E-state index contributed by atoms with van der Waals surface area (Å²) in [6, 6.07) is 6.10. The van der Waals surface area contributed by atoms with E-state index in [0.717, 1.165) is 12.2 Å². The summed E-state index contributed by atoms with van der Waals surface area (Å²) in [6.45, 7) is 8.57. The number of ether oxygens (including phenoxy) is 1. The molecule has 0 saturated carbocycles. The third-order valence-corrected chi connectivity index (χ3v) is 2.89. The highest BCUT2D eigenvalue weighted by Gasteiger charge is 2.25. The van der Waals surface area contributed by atoms with E-state index < -0.39 is 11.5 Å². The molecule has 0 fully saturated rings. The number of aryl methyl sites for hydroxylation is 2. The maximum absolute atomic E-state index is 10.9. The highest BCUT2D eigenvalue weighted by Crippen LogP contribution is 2.16. The van der Waals surface area contributed by atoms with Crippen molar-refractivity contribution in [3.05, 3.63) is 29.3 Å². The van der Waals surface area contributed by atoms with Gasteiger partial charge >= 0.3 is 5.97 Å². The molecule has 0 aromatic heterocycles. The summed E-state index contributed by atoms with van der Waals surface area (Å²) in [5.41, 5.74) is 1.47. The lowest BCUT2D eigenvalue weighted by atomic mass is 10.1. The predicted molar refractivity (Wildman–Crippen MR) is 75.7 cm³/mol.